The van der Waals surface area contributed by atoms with Crippen molar-refractivity contribution in [1.29, 1.82) is 0 Å². The molecule has 0 aromatic carbocycles. The van der Waals surface area contributed by atoms with E-state index in [0.29, 0.717) is 10.1 Å². The summed E-state index contributed by atoms with van der Waals surface area (Å²) in [4.78, 5) is 0. The van der Waals surface area contributed by atoms with E-state index in [2.05, 4.69) is 85.6 Å². The Balaban J connectivity index is 3.47. The van der Waals surface area contributed by atoms with Crippen LogP contribution < -0.4 is 0 Å². The monoisotopic (exact) mass is 450 g/mol. The zero-order valence-corrected chi connectivity index (χ0v) is 22.8. The van der Waals surface area contributed by atoms with Gasteiger partial charge >= 0.3 is 0 Å². The minimum atomic E-state index is 0.0525. The predicted octanol–water partition coefficient (Wildman–Crippen LogP) is 6.52. The number of rotatable bonds is 15. The molecule has 0 atom stereocenters. The van der Waals surface area contributed by atoms with Gasteiger partial charge in [-0.05, 0) is 54.1 Å². The van der Waals surface area contributed by atoms with Crippen LogP contribution in [0.5, 0.6) is 0 Å². The van der Waals surface area contributed by atoms with Crippen LogP contribution in [-0.2, 0) is 0 Å². The van der Waals surface area contributed by atoms with Crippen molar-refractivity contribution in [2.75, 3.05) is 23.0 Å². The molecule has 0 N–H and O–H groups in total. The largest absolute Gasteiger partial charge is 0.193 e. The van der Waals surface area contributed by atoms with E-state index in [4.69, 9.17) is 0 Å². The van der Waals surface area contributed by atoms with E-state index < -0.39 is 0 Å². The number of hydrogen-bond donors (Lipinski definition) is 0. The topological polar surface area (TPSA) is 0 Å². The molecule has 0 fully saturated rings. The van der Waals surface area contributed by atoms with Gasteiger partial charge < -0.3 is 0 Å². The summed E-state index contributed by atoms with van der Waals surface area (Å²) in [5.41, 5.74) is 0. The van der Waals surface area contributed by atoms with Crippen molar-refractivity contribution >= 4 is 81.0 Å². The van der Waals surface area contributed by atoms with Crippen molar-refractivity contribution in [3.05, 3.63) is 0 Å². The summed E-state index contributed by atoms with van der Waals surface area (Å²) in [5.74, 6) is 5.24. The highest BCUT2D eigenvalue weighted by atomic mass is 33.7. The Kier molecular flexibility index (Phi) is 16.4. The Hall–Kier alpha value is 2.53. The van der Waals surface area contributed by atoms with Crippen LogP contribution in [0.15, 0.2) is 0 Å². The highest BCUT2D eigenvalue weighted by Gasteiger charge is 2.19. The first-order valence-electron chi connectivity index (χ1n) is 8.06. The van der Waals surface area contributed by atoms with E-state index in [9.17, 15) is 0 Å². The van der Waals surface area contributed by atoms with E-state index in [-0.39, 0.29) is 17.3 Å². The van der Waals surface area contributed by atoms with Gasteiger partial charge in [0.1, 0.15) is 0 Å². The quantitative estimate of drug-likeness (QED) is 0.157. The maximum Gasteiger partial charge on any atom is 0.0910 e. The molecular weight excluding hydrogens is 417 g/mol. The van der Waals surface area contributed by atoms with Crippen LogP contribution in [0.2, 0.25) is 10.1 Å². The fourth-order valence-electron chi connectivity index (χ4n) is 1.64. The highest BCUT2D eigenvalue weighted by molar-refractivity contribution is 9.26. The molecule has 0 aromatic rings. The molecule has 8 heteroatoms. The highest BCUT2D eigenvalue weighted by Crippen LogP contribution is 2.46. The molecule has 0 aliphatic rings. The molecule has 0 aliphatic heterocycles. The summed E-state index contributed by atoms with van der Waals surface area (Å²) in [6.45, 7) is 14.4. The fourth-order valence-corrected chi connectivity index (χ4v) is 16.4. The predicted molar refractivity (Wildman–Crippen MR) is 131 cm³/mol. The van der Waals surface area contributed by atoms with Crippen LogP contribution in [0.3, 0.4) is 0 Å². The van der Waals surface area contributed by atoms with Crippen molar-refractivity contribution in [2.24, 2.45) is 0 Å². The third-order valence-electron chi connectivity index (χ3n) is 3.24. The van der Waals surface area contributed by atoms with Crippen LogP contribution in [0.25, 0.3) is 0 Å². The summed E-state index contributed by atoms with van der Waals surface area (Å²) in [6, 6.07) is 0. The van der Waals surface area contributed by atoms with Gasteiger partial charge in [0.05, 0.1) is 17.3 Å². The first-order valence-corrected chi connectivity index (χ1v) is 20.4. The molecule has 0 saturated carbocycles. The van der Waals surface area contributed by atoms with Gasteiger partial charge in [0.25, 0.3) is 0 Å². The normalized spacial score (nSPS) is 13.9. The van der Waals surface area contributed by atoms with Crippen molar-refractivity contribution in [3.8, 4) is 0 Å². The van der Waals surface area contributed by atoms with Gasteiger partial charge in [0.2, 0.25) is 0 Å². The van der Waals surface area contributed by atoms with E-state index in [1.807, 2.05) is 19.7 Å². The zero-order chi connectivity index (χ0) is 16.9. The lowest BCUT2D eigenvalue weighted by Gasteiger charge is -2.23. The SMILES string of the molecule is CCS[SiH2]C(C)(C)CCSSSSCCC(C)(C)[SiH2]SCC. The Morgan fingerprint density at radius 3 is 1.36 bits per heavy atom. The first kappa shape index (κ1) is 24.5. The Morgan fingerprint density at radius 1 is 0.682 bits per heavy atom. The lowest BCUT2D eigenvalue weighted by atomic mass is 10.1. The van der Waals surface area contributed by atoms with Gasteiger partial charge in [-0.1, -0.05) is 63.1 Å². The summed E-state index contributed by atoms with van der Waals surface area (Å²) in [7, 11) is 8.22. The summed E-state index contributed by atoms with van der Waals surface area (Å²) in [6.07, 6.45) is 2.78. The third-order valence-corrected chi connectivity index (χ3v) is 21.6. The van der Waals surface area contributed by atoms with Crippen molar-refractivity contribution in [3.63, 3.8) is 0 Å². The van der Waals surface area contributed by atoms with Crippen molar-refractivity contribution in [1.82, 2.24) is 0 Å². The van der Waals surface area contributed by atoms with Crippen molar-refractivity contribution in [2.45, 2.75) is 64.5 Å². The molecule has 0 bridgehead atoms. The second-order valence-electron chi connectivity index (χ2n) is 6.88. The van der Waals surface area contributed by atoms with Gasteiger partial charge in [0, 0.05) is 11.5 Å². The molecule has 0 saturated heterocycles. The van der Waals surface area contributed by atoms with Crippen LogP contribution in [0.4, 0.5) is 0 Å². The summed E-state index contributed by atoms with van der Waals surface area (Å²) >= 11 is 4.43. The van der Waals surface area contributed by atoms with Crippen LogP contribution in [-0.4, -0.2) is 40.3 Å². The molecule has 134 valence electrons. The van der Waals surface area contributed by atoms with Gasteiger partial charge in [-0.25, -0.2) is 0 Å². The van der Waals surface area contributed by atoms with Crippen LogP contribution in [0, 0.1) is 0 Å². The molecule has 0 rings (SSSR count). The Bertz CT molecular complexity index is 238. The maximum atomic E-state index is 2.47. The van der Waals surface area contributed by atoms with E-state index >= 15 is 0 Å². The Labute approximate surface area is 167 Å². The van der Waals surface area contributed by atoms with Gasteiger partial charge in [0.15, 0.2) is 0 Å². The minimum Gasteiger partial charge on any atom is -0.193 e. The minimum absolute atomic E-state index is 0.0525. The molecule has 22 heavy (non-hydrogen) atoms. The molecule has 0 radical (unpaired) electrons. The third kappa shape index (κ3) is 16.0. The molecule has 0 amide bonds. The fraction of sp³-hybridized carbons (Fsp3) is 1.00. The van der Waals surface area contributed by atoms with E-state index in [1.165, 1.54) is 35.9 Å². The van der Waals surface area contributed by atoms with Crippen LogP contribution >= 0.6 is 63.7 Å². The molecule has 0 unspecified atom stereocenters. The summed E-state index contributed by atoms with van der Waals surface area (Å²) in [5, 5.41) is 1.27. The van der Waals surface area contributed by atoms with E-state index in [1.54, 1.807) is 0 Å². The molecular formula is C14H34S6Si2. The Morgan fingerprint density at radius 2 is 1.05 bits per heavy atom. The summed E-state index contributed by atoms with van der Waals surface area (Å²) < 4.78 is 0. The van der Waals surface area contributed by atoms with Gasteiger partial charge in [-0.3, -0.25) is 0 Å². The zero-order valence-electron chi connectivity index (χ0n) is 15.1. The average Bonchev–Trinajstić information content (AvgIpc) is 2.46. The maximum absolute atomic E-state index is 2.47. The van der Waals surface area contributed by atoms with Crippen molar-refractivity contribution < 1.29 is 0 Å². The molecule has 0 aromatic heterocycles. The van der Waals surface area contributed by atoms with Gasteiger partial charge in [-0.15, -0.1) is 0 Å². The molecule has 0 aliphatic carbocycles. The number of hydrogen-bond acceptors (Lipinski definition) is 6. The van der Waals surface area contributed by atoms with Gasteiger partial charge in [-0.2, -0.15) is 22.4 Å². The lowest BCUT2D eigenvalue weighted by molar-refractivity contribution is 0.658. The second kappa shape index (κ2) is 14.7. The smallest absolute Gasteiger partial charge is 0.0910 e. The standard InChI is InChI=1S/C14H34S6Si2/c1-7-17-21-13(3,4)9-11-15-19-20-16-12-10-14(5,6)22-18-8-2/h7-12,21-22H2,1-6H3. The molecule has 0 nitrogen and oxygen atoms in total. The molecule has 0 spiro atoms. The van der Waals surface area contributed by atoms with E-state index in [0.717, 1.165) is 0 Å². The van der Waals surface area contributed by atoms with Crippen LogP contribution in [0.1, 0.15) is 54.4 Å². The first-order chi connectivity index (χ1) is 10.3. The molecule has 0 heterocycles. The average molecular weight is 451 g/mol. The lowest BCUT2D eigenvalue weighted by Crippen LogP contribution is -2.11. The second-order valence-corrected chi connectivity index (χ2v) is 23.7.